The highest BCUT2D eigenvalue weighted by Gasteiger charge is 2.30. The third-order valence-electron chi connectivity index (χ3n) is 3.61. The Balaban J connectivity index is 1.79. The molecule has 0 bridgehead atoms. The molecule has 1 heterocycles. The first-order valence-corrected chi connectivity index (χ1v) is 8.83. The van der Waals surface area contributed by atoms with Gasteiger partial charge < -0.3 is 5.32 Å². The van der Waals surface area contributed by atoms with Gasteiger partial charge in [0.25, 0.3) is 5.91 Å². The van der Waals surface area contributed by atoms with Crippen molar-refractivity contribution in [3.63, 3.8) is 0 Å². The number of amides is 1. The molecule has 138 valence electrons. The SMILES string of the molecule is CC(=C/c1ccccc1)/C=C1/SC(=Nc2cccc(C(F)(F)F)c2)NC1=O. The summed E-state index contributed by atoms with van der Waals surface area (Å²) in [6, 6.07) is 14.3. The van der Waals surface area contributed by atoms with E-state index in [4.69, 9.17) is 0 Å². The van der Waals surface area contributed by atoms with Crippen molar-refractivity contribution in [2.24, 2.45) is 4.99 Å². The van der Waals surface area contributed by atoms with Crippen LogP contribution in [-0.4, -0.2) is 11.1 Å². The lowest BCUT2D eigenvalue weighted by Gasteiger charge is -2.06. The second kappa shape index (κ2) is 7.84. The summed E-state index contributed by atoms with van der Waals surface area (Å²) in [6.07, 6.45) is -0.781. The van der Waals surface area contributed by atoms with Crippen LogP contribution >= 0.6 is 11.8 Å². The molecule has 27 heavy (non-hydrogen) atoms. The summed E-state index contributed by atoms with van der Waals surface area (Å²) in [5.41, 5.74) is 1.23. The maximum Gasteiger partial charge on any atom is 0.416 e. The molecular weight excluding hydrogens is 373 g/mol. The average Bonchev–Trinajstić information content (AvgIpc) is 2.94. The van der Waals surface area contributed by atoms with E-state index in [1.54, 1.807) is 6.08 Å². The molecule has 1 aliphatic rings. The molecule has 0 spiro atoms. The first-order chi connectivity index (χ1) is 12.8. The number of carbonyl (C=O) groups is 1. The molecule has 0 unspecified atom stereocenters. The quantitative estimate of drug-likeness (QED) is 0.701. The maximum atomic E-state index is 12.8. The molecule has 1 N–H and O–H groups in total. The summed E-state index contributed by atoms with van der Waals surface area (Å²) in [6.45, 7) is 1.87. The summed E-state index contributed by atoms with van der Waals surface area (Å²) < 4.78 is 38.4. The Morgan fingerprint density at radius 2 is 1.85 bits per heavy atom. The number of carbonyl (C=O) groups excluding carboxylic acids is 1. The summed E-state index contributed by atoms with van der Waals surface area (Å²) in [5.74, 6) is -0.327. The third-order valence-corrected chi connectivity index (χ3v) is 4.52. The normalized spacial score (nSPS) is 18.2. The van der Waals surface area contributed by atoms with Gasteiger partial charge in [-0.15, -0.1) is 0 Å². The zero-order valence-corrected chi connectivity index (χ0v) is 15.1. The second-order valence-electron chi connectivity index (χ2n) is 5.83. The Labute approximate surface area is 158 Å². The summed E-state index contributed by atoms with van der Waals surface area (Å²) in [7, 11) is 0. The fourth-order valence-corrected chi connectivity index (χ4v) is 3.30. The number of rotatable bonds is 3. The van der Waals surface area contributed by atoms with E-state index in [-0.39, 0.29) is 16.8 Å². The Kier molecular flexibility index (Phi) is 5.51. The summed E-state index contributed by atoms with van der Waals surface area (Å²) >= 11 is 1.09. The Hall–Kier alpha value is -2.80. The zero-order valence-electron chi connectivity index (χ0n) is 14.2. The number of thioether (sulfide) groups is 1. The highest BCUT2D eigenvalue weighted by molar-refractivity contribution is 8.18. The van der Waals surface area contributed by atoms with Crippen molar-refractivity contribution >= 4 is 34.6 Å². The van der Waals surface area contributed by atoms with Crippen LogP contribution in [0.3, 0.4) is 0 Å². The largest absolute Gasteiger partial charge is 0.416 e. The van der Waals surface area contributed by atoms with Gasteiger partial charge in [0.05, 0.1) is 16.2 Å². The van der Waals surface area contributed by atoms with Gasteiger partial charge in [0.2, 0.25) is 0 Å². The highest BCUT2D eigenvalue weighted by atomic mass is 32.2. The number of halogens is 3. The molecule has 3 nitrogen and oxygen atoms in total. The van der Waals surface area contributed by atoms with Gasteiger partial charge in [-0.25, -0.2) is 4.99 Å². The molecule has 0 radical (unpaired) electrons. The fourth-order valence-electron chi connectivity index (χ4n) is 2.41. The standard InChI is InChI=1S/C20H15F3N2OS/c1-13(10-14-6-3-2-4-7-14)11-17-18(26)25-19(27-17)24-16-9-5-8-15(12-16)20(21,22)23/h2-12H,1H3,(H,24,25,26)/b13-10-,17-11+. The minimum absolute atomic E-state index is 0.130. The van der Waals surface area contributed by atoms with Crippen molar-refractivity contribution in [2.45, 2.75) is 13.1 Å². The lowest BCUT2D eigenvalue weighted by Crippen LogP contribution is -2.19. The molecule has 7 heteroatoms. The Bertz CT molecular complexity index is 947. The number of aliphatic imine (C=N–C) groups is 1. The summed E-state index contributed by atoms with van der Waals surface area (Å²) in [4.78, 5) is 16.6. The number of allylic oxidation sites excluding steroid dienone is 2. The molecule has 0 aliphatic carbocycles. The third kappa shape index (κ3) is 5.10. The number of amidine groups is 1. The van der Waals surface area contributed by atoms with Crippen LogP contribution in [0.25, 0.3) is 6.08 Å². The van der Waals surface area contributed by atoms with Crippen LogP contribution in [0, 0.1) is 0 Å². The van der Waals surface area contributed by atoms with Crippen molar-refractivity contribution in [2.75, 3.05) is 0 Å². The van der Waals surface area contributed by atoms with Crippen LogP contribution in [0.5, 0.6) is 0 Å². The van der Waals surface area contributed by atoms with E-state index in [1.165, 1.54) is 12.1 Å². The van der Waals surface area contributed by atoms with Crippen molar-refractivity contribution in [3.8, 4) is 0 Å². The Morgan fingerprint density at radius 3 is 2.56 bits per heavy atom. The molecular formula is C20H15F3N2OS. The van der Waals surface area contributed by atoms with E-state index >= 15 is 0 Å². The maximum absolute atomic E-state index is 12.8. The van der Waals surface area contributed by atoms with Gasteiger partial charge in [-0.05, 0) is 54.1 Å². The lowest BCUT2D eigenvalue weighted by molar-refractivity contribution is -0.137. The molecule has 0 saturated carbocycles. The minimum atomic E-state index is -4.44. The highest BCUT2D eigenvalue weighted by Crippen LogP contribution is 2.33. The van der Waals surface area contributed by atoms with Gasteiger partial charge in [0.1, 0.15) is 0 Å². The molecule has 1 fully saturated rings. The van der Waals surface area contributed by atoms with Gasteiger partial charge in [0, 0.05) is 0 Å². The van der Waals surface area contributed by atoms with Gasteiger partial charge in [0.15, 0.2) is 5.17 Å². The molecule has 1 aliphatic heterocycles. The fraction of sp³-hybridized carbons (Fsp3) is 0.100. The molecule has 1 saturated heterocycles. The van der Waals surface area contributed by atoms with Crippen molar-refractivity contribution in [1.29, 1.82) is 0 Å². The molecule has 0 aromatic heterocycles. The average molecular weight is 388 g/mol. The van der Waals surface area contributed by atoms with Crippen LogP contribution in [-0.2, 0) is 11.0 Å². The summed E-state index contributed by atoms with van der Waals surface area (Å²) in [5, 5.41) is 2.83. The van der Waals surface area contributed by atoms with E-state index < -0.39 is 11.7 Å². The van der Waals surface area contributed by atoms with E-state index in [2.05, 4.69) is 10.3 Å². The number of alkyl halides is 3. The zero-order chi connectivity index (χ0) is 19.4. The van der Waals surface area contributed by atoms with Crippen molar-refractivity contribution < 1.29 is 18.0 Å². The molecule has 0 atom stereocenters. The number of nitrogens with zero attached hydrogens (tertiary/aromatic N) is 1. The van der Waals surface area contributed by atoms with E-state index in [1.807, 2.05) is 43.3 Å². The Morgan fingerprint density at radius 1 is 1.11 bits per heavy atom. The van der Waals surface area contributed by atoms with Crippen LogP contribution in [0.1, 0.15) is 18.1 Å². The molecule has 2 aromatic carbocycles. The van der Waals surface area contributed by atoms with Crippen molar-refractivity contribution in [3.05, 3.63) is 82.3 Å². The predicted molar refractivity (Wildman–Crippen MR) is 102 cm³/mol. The van der Waals surface area contributed by atoms with Crippen LogP contribution in [0.15, 0.2) is 76.1 Å². The van der Waals surface area contributed by atoms with Crippen LogP contribution in [0.4, 0.5) is 18.9 Å². The van der Waals surface area contributed by atoms with Gasteiger partial charge >= 0.3 is 6.18 Å². The van der Waals surface area contributed by atoms with Gasteiger partial charge in [-0.2, -0.15) is 13.2 Å². The molecule has 2 aromatic rings. The number of nitrogens with one attached hydrogen (secondary N) is 1. The number of benzene rings is 2. The predicted octanol–water partition coefficient (Wildman–Crippen LogP) is 5.54. The first-order valence-electron chi connectivity index (χ1n) is 8.01. The topological polar surface area (TPSA) is 41.5 Å². The van der Waals surface area contributed by atoms with E-state index in [0.717, 1.165) is 35.0 Å². The number of hydrogen-bond donors (Lipinski definition) is 1. The van der Waals surface area contributed by atoms with Crippen LogP contribution in [0.2, 0.25) is 0 Å². The second-order valence-corrected chi connectivity index (χ2v) is 6.86. The molecule has 1 amide bonds. The van der Waals surface area contributed by atoms with E-state index in [9.17, 15) is 18.0 Å². The monoisotopic (exact) mass is 388 g/mol. The van der Waals surface area contributed by atoms with Crippen molar-refractivity contribution in [1.82, 2.24) is 5.32 Å². The lowest BCUT2D eigenvalue weighted by atomic mass is 10.1. The number of hydrogen-bond acceptors (Lipinski definition) is 3. The van der Waals surface area contributed by atoms with Gasteiger partial charge in [-0.3, -0.25) is 4.79 Å². The first kappa shape index (κ1) is 19.0. The molecule has 3 rings (SSSR count). The smallest absolute Gasteiger partial charge is 0.300 e. The minimum Gasteiger partial charge on any atom is -0.300 e. The van der Waals surface area contributed by atoms with Gasteiger partial charge in [-0.1, -0.05) is 42.5 Å². The van der Waals surface area contributed by atoms with Crippen LogP contribution < -0.4 is 5.32 Å². The van der Waals surface area contributed by atoms with E-state index in [0.29, 0.717) is 4.91 Å².